The summed E-state index contributed by atoms with van der Waals surface area (Å²) in [6.45, 7) is 3.87. The van der Waals surface area contributed by atoms with E-state index in [4.69, 9.17) is 9.84 Å². The number of aryl methyl sites for hydroxylation is 2. The standard InChI is InChI=1S/C17H18FN3O5S/c1-10-7-11(2)20-17(19-10)26-12-5-6-21(9-12)27(24,25)13-3-4-15(18)14(8-13)16(22)23/h3-4,7-8,12H,5-6,9H2,1-2H3,(H,22,23)/t12-/m1/s1. The molecule has 1 N–H and O–H groups in total. The molecular formula is C17H18FN3O5S. The second kappa shape index (κ2) is 7.20. The van der Waals surface area contributed by atoms with Crippen LogP contribution in [-0.4, -0.2) is 53.0 Å². The van der Waals surface area contributed by atoms with E-state index in [0.29, 0.717) is 6.42 Å². The van der Waals surface area contributed by atoms with Gasteiger partial charge in [-0.1, -0.05) is 0 Å². The Bertz CT molecular complexity index is 976. The van der Waals surface area contributed by atoms with Crippen LogP contribution in [0.25, 0.3) is 0 Å². The topological polar surface area (TPSA) is 110 Å². The molecule has 0 unspecified atom stereocenters. The minimum atomic E-state index is -3.97. The molecule has 1 atom stereocenters. The van der Waals surface area contributed by atoms with Gasteiger partial charge < -0.3 is 9.84 Å². The largest absolute Gasteiger partial charge is 0.478 e. The van der Waals surface area contributed by atoms with Crippen molar-refractivity contribution < 1.29 is 27.4 Å². The number of carboxylic acids is 1. The summed E-state index contributed by atoms with van der Waals surface area (Å²) >= 11 is 0. The first-order chi connectivity index (χ1) is 12.7. The van der Waals surface area contributed by atoms with E-state index in [0.717, 1.165) is 29.6 Å². The van der Waals surface area contributed by atoms with Crippen molar-refractivity contribution in [1.29, 1.82) is 0 Å². The van der Waals surface area contributed by atoms with Gasteiger partial charge in [0.05, 0.1) is 17.0 Å². The van der Waals surface area contributed by atoms with Crippen LogP contribution < -0.4 is 4.74 Å². The van der Waals surface area contributed by atoms with E-state index >= 15 is 0 Å². The van der Waals surface area contributed by atoms with Gasteiger partial charge in [-0.25, -0.2) is 27.6 Å². The molecule has 1 fully saturated rings. The zero-order chi connectivity index (χ0) is 19.8. The Balaban J connectivity index is 1.77. The molecule has 0 spiro atoms. The Labute approximate surface area is 155 Å². The Morgan fingerprint density at radius 3 is 2.56 bits per heavy atom. The Hall–Kier alpha value is -2.59. The average molecular weight is 395 g/mol. The third kappa shape index (κ3) is 4.06. The lowest BCUT2D eigenvalue weighted by molar-refractivity contribution is 0.0691. The summed E-state index contributed by atoms with van der Waals surface area (Å²) in [5.74, 6) is -2.52. The molecule has 0 bridgehead atoms. The van der Waals surface area contributed by atoms with Crippen molar-refractivity contribution in [1.82, 2.24) is 14.3 Å². The molecule has 144 valence electrons. The lowest BCUT2D eigenvalue weighted by atomic mass is 10.2. The number of carbonyl (C=O) groups is 1. The number of halogens is 1. The van der Waals surface area contributed by atoms with Crippen molar-refractivity contribution >= 4 is 16.0 Å². The van der Waals surface area contributed by atoms with Crippen LogP contribution in [0.3, 0.4) is 0 Å². The number of carboxylic acid groups (broad SMARTS) is 1. The summed E-state index contributed by atoms with van der Waals surface area (Å²) in [7, 11) is -3.97. The van der Waals surface area contributed by atoms with Gasteiger partial charge in [-0.05, 0) is 44.5 Å². The molecule has 10 heteroatoms. The minimum absolute atomic E-state index is 0.0679. The van der Waals surface area contributed by atoms with Crippen LogP contribution in [-0.2, 0) is 10.0 Å². The van der Waals surface area contributed by atoms with Gasteiger partial charge in [0, 0.05) is 17.9 Å². The molecular weight excluding hydrogens is 377 g/mol. The number of hydrogen-bond donors (Lipinski definition) is 1. The maximum absolute atomic E-state index is 13.5. The van der Waals surface area contributed by atoms with Gasteiger partial charge in [-0.15, -0.1) is 0 Å². The summed E-state index contributed by atoms with van der Waals surface area (Å²) in [6, 6.07) is 4.70. The zero-order valence-electron chi connectivity index (χ0n) is 14.7. The first kappa shape index (κ1) is 19.2. The highest BCUT2D eigenvalue weighted by Gasteiger charge is 2.34. The van der Waals surface area contributed by atoms with Crippen LogP contribution in [0.2, 0.25) is 0 Å². The second-order valence-corrected chi connectivity index (χ2v) is 8.21. The van der Waals surface area contributed by atoms with Crippen molar-refractivity contribution in [3.05, 3.63) is 47.0 Å². The number of ether oxygens (including phenoxy) is 1. The fourth-order valence-electron chi connectivity index (χ4n) is 2.89. The molecule has 27 heavy (non-hydrogen) atoms. The normalized spacial score (nSPS) is 17.8. The van der Waals surface area contributed by atoms with Gasteiger partial charge in [-0.3, -0.25) is 0 Å². The van der Waals surface area contributed by atoms with Gasteiger partial charge in [0.1, 0.15) is 11.9 Å². The van der Waals surface area contributed by atoms with Crippen molar-refractivity contribution in [3.8, 4) is 6.01 Å². The summed E-state index contributed by atoms with van der Waals surface area (Å²) in [4.78, 5) is 19.1. The number of aromatic nitrogens is 2. The third-order valence-corrected chi connectivity index (χ3v) is 6.01. The predicted molar refractivity (Wildman–Crippen MR) is 92.7 cm³/mol. The van der Waals surface area contributed by atoms with E-state index in [1.165, 1.54) is 4.31 Å². The number of aromatic carboxylic acids is 1. The molecule has 1 saturated heterocycles. The molecule has 8 nitrogen and oxygen atoms in total. The smallest absolute Gasteiger partial charge is 0.338 e. The van der Waals surface area contributed by atoms with E-state index < -0.39 is 33.5 Å². The first-order valence-electron chi connectivity index (χ1n) is 8.19. The Kier molecular flexibility index (Phi) is 5.11. The molecule has 0 saturated carbocycles. The third-order valence-electron chi connectivity index (χ3n) is 4.15. The summed E-state index contributed by atoms with van der Waals surface area (Å²) in [5, 5.41) is 8.99. The summed E-state index contributed by atoms with van der Waals surface area (Å²) < 4.78 is 45.9. The van der Waals surface area contributed by atoms with Gasteiger partial charge in [-0.2, -0.15) is 4.31 Å². The van der Waals surface area contributed by atoms with Crippen LogP contribution >= 0.6 is 0 Å². The van der Waals surface area contributed by atoms with Gasteiger partial charge in [0.25, 0.3) is 0 Å². The molecule has 2 aromatic rings. The maximum atomic E-state index is 13.5. The summed E-state index contributed by atoms with van der Waals surface area (Å²) in [5.41, 5.74) is 0.798. The van der Waals surface area contributed by atoms with Crippen molar-refractivity contribution in [2.75, 3.05) is 13.1 Å². The highest BCUT2D eigenvalue weighted by atomic mass is 32.2. The fourth-order valence-corrected chi connectivity index (χ4v) is 4.40. The van der Waals surface area contributed by atoms with Crippen molar-refractivity contribution in [3.63, 3.8) is 0 Å². The molecule has 1 aliphatic heterocycles. The molecule has 0 radical (unpaired) electrons. The molecule has 0 amide bonds. The number of rotatable bonds is 5. The molecule has 2 heterocycles. The maximum Gasteiger partial charge on any atom is 0.338 e. The molecule has 1 aromatic heterocycles. The Morgan fingerprint density at radius 2 is 1.93 bits per heavy atom. The van der Waals surface area contributed by atoms with E-state index in [1.54, 1.807) is 6.07 Å². The zero-order valence-corrected chi connectivity index (χ0v) is 15.5. The van der Waals surface area contributed by atoms with Gasteiger partial charge in [0.15, 0.2) is 0 Å². The van der Waals surface area contributed by atoms with E-state index in [9.17, 15) is 17.6 Å². The van der Waals surface area contributed by atoms with Crippen molar-refractivity contribution in [2.45, 2.75) is 31.3 Å². The lowest BCUT2D eigenvalue weighted by Crippen LogP contribution is -2.31. The van der Waals surface area contributed by atoms with E-state index in [1.807, 2.05) is 13.8 Å². The number of hydrogen-bond acceptors (Lipinski definition) is 6. The number of benzene rings is 1. The average Bonchev–Trinajstić information content (AvgIpc) is 3.03. The van der Waals surface area contributed by atoms with Crippen LogP contribution in [0.5, 0.6) is 6.01 Å². The number of nitrogens with zero attached hydrogens (tertiary/aromatic N) is 3. The fraction of sp³-hybridized carbons (Fsp3) is 0.353. The molecule has 0 aliphatic carbocycles. The van der Waals surface area contributed by atoms with Crippen LogP contribution in [0, 0.1) is 19.7 Å². The van der Waals surface area contributed by atoms with Gasteiger partial charge in [0.2, 0.25) is 10.0 Å². The quantitative estimate of drug-likeness (QED) is 0.822. The second-order valence-electron chi connectivity index (χ2n) is 6.27. The first-order valence-corrected chi connectivity index (χ1v) is 9.63. The van der Waals surface area contributed by atoms with E-state index in [-0.39, 0.29) is 24.0 Å². The molecule has 3 rings (SSSR count). The molecule has 1 aromatic carbocycles. The highest BCUT2D eigenvalue weighted by Crippen LogP contribution is 2.25. The van der Waals surface area contributed by atoms with Crippen molar-refractivity contribution in [2.24, 2.45) is 0 Å². The SMILES string of the molecule is Cc1cc(C)nc(O[C@@H]2CCN(S(=O)(=O)c3ccc(F)c(C(=O)O)c3)C2)n1. The van der Waals surface area contributed by atoms with E-state index in [2.05, 4.69) is 9.97 Å². The van der Waals surface area contributed by atoms with Crippen LogP contribution in [0.4, 0.5) is 4.39 Å². The Morgan fingerprint density at radius 1 is 1.26 bits per heavy atom. The highest BCUT2D eigenvalue weighted by molar-refractivity contribution is 7.89. The minimum Gasteiger partial charge on any atom is -0.478 e. The number of sulfonamides is 1. The monoisotopic (exact) mass is 395 g/mol. The molecule has 1 aliphatic rings. The predicted octanol–water partition coefficient (Wildman–Crippen LogP) is 1.77. The van der Waals surface area contributed by atoms with Crippen LogP contribution in [0.15, 0.2) is 29.2 Å². The van der Waals surface area contributed by atoms with Gasteiger partial charge >= 0.3 is 12.0 Å². The summed E-state index contributed by atoms with van der Waals surface area (Å²) in [6.07, 6.45) is 0.00288. The van der Waals surface area contributed by atoms with Crippen LogP contribution in [0.1, 0.15) is 28.2 Å². The lowest BCUT2D eigenvalue weighted by Gasteiger charge is -2.17.